The van der Waals surface area contributed by atoms with Crippen molar-refractivity contribution in [3.8, 4) is 11.3 Å². The first-order valence-corrected chi connectivity index (χ1v) is 10.2. The van der Waals surface area contributed by atoms with Crippen LogP contribution in [-0.2, 0) is 0 Å². The molecule has 2 aromatic heterocycles. The molecule has 0 unspecified atom stereocenters. The molecule has 9 heteroatoms. The highest BCUT2D eigenvalue weighted by Crippen LogP contribution is 2.30. The summed E-state index contributed by atoms with van der Waals surface area (Å²) >= 11 is 18.4. The maximum atomic E-state index is 13.5. The second-order valence-electron chi connectivity index (χ2n) is 6.81. The number of nitrogens with zero attached hydrogens (tertiary/aromatic N) is 5. The molecule has 150 valence electrons. The zero-order valence-corrected chi connectivity index (χ0v) is 17.8. The summed E-state index contributed by atoms with van der Waals surface area (Å²) in [6, 6.07) is 10.1. The predicted molar refractivity (Wildman–Crippen MR) is 116 cm³/mol. The molecule has 0 bridgehead atoms. The van der Waals surface area contributed by atoms with Crippen molar-refractivity contribution in [2.75, 3.05) is 29.4 Å². The quantitative estimate of drug-likeness (QED) is 0.501. The summed E-state index contributed by atoms with van der Waals surface area (Å²) < 4.78 is 13.5. The van der Waals surface area contributed by atoms with Crippen LogP contribution in [0.5, 0.6) is 0 Å². The van der Waals surface area contributed by atoms with Crippen LogP contribution in [0.3, 0.4) is 0 Å². The fourth-order valence-corrected chi connectivity index (χ4v) is 4.06. The van der Waals surface area contributed by atoms with E-state index in [4.69, 9.17) is 34.8 Å². The highest BCUT2D eigenvalue weighted by atomic mass is 35.5. The normalized spacial score (nSPS) is 16.9. The lowest BCUT2D eigenvalue weighted by Gasteiger charge is -2.41. The van der Waals surface area contributed by atoms with E-state index in [1.54, 1.807) is 12.3 Å². The molecular weight excluding hydrogens is 436 g/mol. The van der Waals surface area contributed by atoms with Crippen molar-refractivity contribution < 1.29 is 4.39 Å². The number of hydrogen-bond acceptors (Lipinski definition) is 5. The molecule has 1 saturated heterocycles. The van der Waals surface area contributed by atoms with Crippen LogP contribution >= 0.6 is 34.8 Å². The van der Waals surface area contributed by atoms with Gasteiger partial charge in [0.15, 0.2) is 0 Å². The van der Waals surface area contributed by atoms with Gasteiger partial charge in [0.1, 0.15) is 17.5 Å². The Morgan fingerprint density at radius 1 is 1.03 bits per heavy atom. The first-order valence-electron chi connectivity index (χ1n) is 9.04. The number of rotatable bonds is 3. The first-order chi connectivity index (χ1) is 13.9. The van der Waals surface area contributed by atoms with Crippen LogP contribution < -0.4 is 9.80 Å². The Balaban J connectivity index is 1.60. The molecule has 0 spiro atoms. The van der Waals surface area contributed by atoms with Gasteiger partial charge < -0.3 is 9.80 Å². The van der Waals surface area contributed by atoms with Crippen LogP contribution in [0.2, 0.25) is 15.3 Å². The van der Waals surface area contributed by atoms with Gasteiger partial charge in [-0.3, -0.25) is 0 Å². The van der Waals surface area contributed by atoms with E-state index >= 15 is 0 Å². The van der Waals surface area contributed by atoms with E-state index < -0.39 is 5.82 Å². The highest BCUT2D eigenvalue weighted by Gasteiger charge is 2.27. The van der Waals surface area contributed by atoms with Crippen molar-refractivity contribution in [3.63, 3.8) is 0 Å². The first kappa shape index (κ1) is 20.1. The van der Waals surface area contributed by atoms with Gasteiger partial charge in [-0.15, -0.1) is 0 Å². The topological polar surface area (TPSA) is 45.2 Å². The van der Waals surface area contributed by atoms with Gasteiger partial charge in [0, 0.05) is 43.5 Å². The SMILES string of the molecule is C[C@@H]1CN(c2ncccc2Cl)CCN1c1cc(-c2ccc(F)c(Cl)c2)nc(Cl)n1. The summed E-state index contributed by atoms with van der Waals surface area (Å²) in [6.07, 6.45) is 1.74. The van der Waals surface area contributed by atoms with E-state index in [0.29, 0.717) is 28.6 Å². The number of halogens is 4. The fraction of sp³-hybridized carbons (Fsp3) is 0.250. The van der Waals surface area contributed by atoms with Gasteiger partial charge in [-0.05, 0) is 48.9 Å². The molecule has 5 nitrogen and oxygen atoms in total. The van der Waals surface area contributed by atoms with Crippen LogP contribution in [0.15, 0.2) is 42.6 Å². The van der Waals surface area contributed by atoms with Crippen molar-refractivity contribution in [2.24, 2.45) is 0 Å². The monoisotopic (exact) mass is 451 g/mol. The summed E-state index contributed by atoms with van der Waals surface area (Å²) in [5.41, 5.74) is 1.26. The molecule has 1 fully saturated rings. The minimum absolute atomic E-state index is 0.0352. The number of pyridine rings is 1. The number of anilines is 2. The molecule has 0 amide bonds. The Bertz CT molecular complexity index is 1050. The fourth-order valence-electron chi connectivity index (χ4n) is 3.46. The van der Waals surface area contributed by atoms with Gasteiger partial charge >= 0.3 is 0 Å². The Labute approximate surface area is 183 Å². The number of piperazine rings is 1. The van der Waals surface area contributed by atoms with Crippen LogP contribution in [0, 0.1) is 5.82 Å². The minimum Gasteiger partial charge on any atom is -0.352 e. The van der Waals surface area contributed by atoms with E-state index in [9.17, 15) is 4.39 Å². The second-order valence-corrected chi connectivity index (χ2v) is 7.96. The third-order valence-corrected chi connectivity index (χ3v) is 5.61. The highest BCUT2D eigenvalue weighted by molar-refractivity contribution is 6.33. The van der Waals surface area contributed by atoms with E-state index in [-0.39, 0.29) is 16.3 Å². The zero-order chi connectivity index (χ0) is 20.5. The lowest BCUT2D eigenvalue weighted by molar-refractivity contribution is 0.542. The van der Waals surface area contributed by atoms with Crippen molar-refractivity contribution in [3.05, 3.63) is 63.7 Å². The molecule has 0 aliphatic carbocycles. The summed E-state index contributed by atoms with van der Waals surface area (Å²) in [4.78, 5) is 17.4. The van der Waals surface area contributed by atoms with Crippen molar-refractivity contribution in [2.45, 2.75) is 13.0 Å². The van der Waals surface area contributed by atoms with Crippen molar-refractivity contribution in [1.82, 2.24) is 15.0 Å². The van der Waals surface area contributed by atoms with Crippen molar-refractivity contribution >= 4 is 46.4 Å². The van der Waals surface area contributed by atoms with Crippen LogP contribution in [0.25, 0.3) is 11.3 Å². The Kier molecular flexibility index (Phi) is 5.76. The Morgan fingerprint density at radius 2 is 1.86 bits per heavy atom. The molecular formula is C20H17Cl3FN5. The van der Waals surface area contributed by atoms with Gasteiger partial charge in [-0.2, -0.15) is 0 Å². The largest absolute Gasteiger partial charge is 0.352 e. The van der Waals surface area contributed by atoms with Gasteiger partial charge in [0.25, 0.3) is 0 Å². The smallest absolute Gasteiger partial charge is 0.224 e. The van der Waals surface area contributed by atoms with Gasteiger partial charge in [0.05, 0.1) is 15.7 Å². The molecule has 3 aromatic rings. The Hall–Kier alpha value is -2.15. The predicted octanol–water partition coefficient (Wildman–Crippen LogP) is 5.35. The number of benzene rings is 1. The molecule has 1 aromatic carbocycles. The van der Waals surface area contributed by atoms with Gasteiger partial charge in [-0.25, -0.2) is 19.3 Å². The molecule has 1 aliphatic heterocycles. The molecule has 1 atom stereocenters. The third-order valence-electron chi connectivity index (χ3n) is 4.86. The number of hydrogen-bond donors (Lipinski definition) is 0. The summed E-state index contributed by atoms with van der Waals surface area (Å²) in [7, 11) is 0. The van der Waals surface area contributed by atoms with Crippen LogP contribution in [0.4, 0.5) is 16.0 Å². The summed E-state index contributed by atoms with van der Waals surface area (Å²) in [6.45, 7) is 4.29. The molecule has 4 rings (SSSR count). The molecule has 0 radical (unpaired) electrons. The van der Waals surface area contributed by atoms with Gasteiger partial charge in [-0.1, -0.05) is 23.2 Å². The Morgan fingerprint density at radius 3 is 2.59 bits per heavy atom. The van der Waals surface area contributed by atoms with Crippen LogP contribution in [0.1, 0.15) is 6.92 Å². The second kappa shape index (κ2) is 8.30. The molecule has 1 aliphatic rings. The van der Waals surface area contributed by atoms with E-state index in [0.717, 1.165) is 18.9 Å². The van der Waals surface area contributed by atoms with E-state index in [2.05, 4.69) is 31.7 Å². The summed E-state index contributed by atoms with van der Waals surface area (Å²) in [5.74, 6) is 1.01. The lowest BCUT2D eigenvalue weighted by Crippen LogP contribution is -2.52. The maximum Gasteiger partial charge on any atom is 0.224 e. The maximum absolute atomic E-state index is 13.5. The molecule has 0 saturated carbocycles. The third kappa shape index (κ3) is 4.25. The average Bonchev–Trinajstić information content (AvgIpc) is 2.70. The zero-order valence-electron chi connectivity index (χ0n) is 15.5. The standard InChI is InChI=1S/C20H17Cl3FN5/c1-12-11-28(19-14(21)3-2-6-25-19)7-8-29(12)18-10-17(26-20(23)27-18)13-4-5-16(24)15(22)9-13/h2-6,9-10,12H,7-8,11H2,1H3/t12-/m1/s1. The van der Waals surface area contributed by atoms with Gasteiger partial charge in [0.2, 0.25) is 5.28 Å². The van der Waals surface area contributed by atoms with E-state index in [1.165, 1.54) is 12.1 Å². The van der Waals surface area contributed by atoms with Crippen LogP contribution in [-0.4, -0.2) is 40.6 Å². The molecule has 3 heterocycles. The van der Waals surface area contributed by atoms with Crippen molar-refractivity contribution in [1.29, 1.82) is 0 Å². The molecule has 29 heavy (non-hydrogen) atoms. The molecule has 0 N–H and O–H groups in total. The minimum atomic E-state index is -0.478. The average molecular weight is 453 g/mol. The lowest BCUT2D eigenvalue weighted by atomic mass is 10.1. The number of aromatic nitrogens is 3. The summed E-state index contributed by atoms with van der Waals surface area (Å²) in [5, 5.41) is 0.794. The van der Waals surface area contributed by atoms with E-state index in [1.807, 2.05) is 18.2 Å².